The first kappa shape index (κ1) is 13.7. The van der Waals surface area contributed by atoms with Crippen LogP contribution in [-0.2, 0) is 4.79 Å². The lowest BCUT2D eigenvalue weighted by Crippen LogP contribution is -2.35. The highest BCUT2D eigenvalue weighted by molar-refractivity contribution is 6.14. The van der Waals surface area contributed by atoms with E-state index in [1.165, 1.54) is 17.1 Å². The largest absolute Gasteiger partial charge is 0.278 e. The summed E-state index contributed by atoms with van der Waals surface area (Å²) in [5.41, 5.74) is 4.03. The number of hydrogen-bond acceptors (Lipinski definition) is 4. The highest BCUT2D eigenvalue weighted by Crippen LogP contribution is 2.22. The van der Waals surface area contributed by atoms with Crippen molar-refractivity contribution in [2.45, 2.75) is 6.42 Å². The topological polar surface area (TPSA) is 87.8 Å². The Balaban J connectivity index is 1.84. The van der Waals surface area contributed by atoms with E-state index in [0.29, 0.717) is 11.5 Å². The van der Waals surface area contributed by atoms with Gasteiger partial charge in [0, 0.05) is 12.1 Å². The molecule has 0 saturated carbocycles. The van der Waals surface area contributed by atoms with Gasteiger partial charge in [-0.15, -0.1) is 0 Å². The Morgan fingerprint density at radius 1 is 1.14 bits per heavy atom. The van der Waals surface area contributed by atoms with Gasteiger partial charge in [0.15, 0.2) is 0 Å². The molecular formula is C15H12N4O3. The van der Waals surface area contributed by atoms with Crippen LogP contribution < -0.4 is 10.4 Å². The van der Waals surface area contributed by atoms with Gasteiger partial charge in [-0.1, -0.05) is 24.3 Å². The number of nitrogens with one attached hydrogen (secondary N) is 1. The van der Waals surface area contributed by atoms with Crippen LogP contribution >= 0.6 is 0 Å². The molecule has 1 fully saturated rings. The molecule has 110 valence electrons. The van der Waals surface area contributed by atoms with Crippen molar-refractivity contribution in [1.82, 2.24) is 5.43 Å². The van der Waals surface area contributed by atoms with Gasteiger partial charge in [-0.3, -0.25) is 20.3 Å². The van der Waals surface area contributed by atoms with Crippen LogP contribution in [0.4, 0.5) is 17.1 Å². The number of hydrazine groups is 1. The van der Waals surface area contributed by atoms with E-state index < -0.39 is 4.92 Å². The molecule has 7 nitrogen and oxygen atoms in total. The third kappa shape index (κ3) is 2.78. The Hall–Kier alpha value is -3.22. The summed E-state index contributed by atoms with van der Waals surface area (Å²) in [4.78, 5) is 26.6. The van der Waals surface area contributed by atoms with Crippen LogP contribution in [0, 0.1) is 10.1 Å². The van der Waals surface area contributed by atoms with Crippen molar-refractivity contribution >= 4 is 28.8 Å². The van der Waals surface area contributed by atoms with Crippen molar-refractivity contribution in [2.75, 3.05) is 5.01 Å². The number of hydrogen-bond donors (Lipinski definition) is 1. The second-order valence-corrected chi connectivity index (χ2v) is 4.69. The maximum absolute atomic E-state index is 12.0. The lowest BCUT2D eigenvalue weighted by molar-refractivity contribution is -0.384. The van der Waals surface area contributed by atoms with Crippen LogP contribution in [0.25, 0.3) is 0 Å². The number of nitrogens with zero attached hydrogens (tertiary/aromatic N) is 3. The fraction of sp³-hybridized carbons (Fsp3) is 0.0667. The summed E-state index contributed by atoms with van der Waals surface area (Å²) in [6, 6.07) is 15.1. The lowest BCUT2D eigenvalue weighted by atomic mass is 10.3. The Morgan fingerprint density at radius 2 is 1.91 bits per heavy atom. The molecule has 1 saturated heterocycles. The first-order valence-corrected chi connectivity index (χ1v) is 6.60. The number of rotatable bonds is 3. The van der Waals surface area contributed by atoms with E-state index in [0.717, 1.165) is 5.69 Å². The maximum Gasteiger partial charge on any atom is 0.271 e. The molecule has 0 aromatic heterocycles. The van der Waals surface area contributed by atoms with Crippen molar-refractivity contribution in [1.29, 1.82) is 0 Å². The van der Waals surface area contributed by atoms with E-state index >= 15 is 0 Å². The minimum Gasteiger partial charge on any atom is -0.278 e. The molecule has 0 bridgehead atoms. The van der Waals surface area contributed by atoms with Gasteiger partial charge in [0.1, 0.15) is 5.84 Å². The molecule has 2 aromatic rings. The van der Waals surface area contributed by atoms with Gasteiger partial charge in [-0.25, -0.2) is 10.0 Å². The first-order chi connectivity index (χ1) is 10.6. The summed E-state index contributed by atoms with van der Waals surface area (Å²) in [5, 5.41) is 12.2. The number of benzene rings is 2. The Bertz CT molecular complexity index is 758. The van der Waals surface area contributed by atoms with Gasteiger partial charge in [-0.05, 0) is 18.2 Å². The first-order valence-electron chi connectivity index (χ1n) is 6.60. The molecule has 0 atom stereocenters. The third-order valence-corrected chi connectivity index (χ3v) is 3.13. The molecule has 1 amide bonds. The number of para-hydroxylation sites is 1. The van der Waals surface area contributed by atoms with Gasteiger partial charge < -0.3 is 0 Å². The van der Waals surface area contributed by atoms with Gasteiger partial charge in [0.05, 0.1) is 22.7 Å². The lowest BCUT2D eigenvalue weighted by Gasteiger charge is -2.15. The maximum atomic E-state index is 12.0. The Labute approximate surface area is 126 Å². The van der Waals surface area contributed by atoms with Crippen molar-refractivity contribution in [2.24, 2.45) is 4.99 Å². The van der Waals surface area contributed by atoms with Crippen LogP contribution in [0.3, 0.4) is 0 Å². The number of carbonyl (C=O) groups is 1. The van der Waals surface area contributed by atoms with Crippen molar-refractivity contribution < 1.29 is 9.72 Å². The summed E-state index contributed by atoms with van der Waals surface area (Å²) in [6.45, 7) is 0. The number of carbonyl (C=O) groups excluding carboxylic acids is 1. The van der Waals surface area contributed by atoms with Crippen LogP contribution in [0.1, 0.15) is 6.42 Å². The van der Waals surface area contributed by atoms with Crippen molar-refractivity contribution in [3.8, 4) is 0 Å². The second-order valence-electron chi connectivity index (χ2n) is 4.69. The minimum absolute atomic E-state index is 0.0360. The molecule has 0 spiro atoms. The summed E-state index contributed by atoms with van der Waals surface area (Å²) >= 11 is 0. The predicted molar refractivity (Wildman–Crippen MR) is 81.9 cm³/mol. The highest BCUT2D eigenvalue weighted by Gasteiger charge is 2.26. The van der Waals surface area contributed by atoms with Gasteiger partial charge in [0.25, 0.3) is 11.6 Å². The summed E-state index contributed by atoms with van der Waals surface area (Å²) in [6.07, 6.45) is 0.123. The van der Waals surface area contributed by atoms with E-state index in [-0.39, 0.29) is 18.0 Å². The smallest absolute Gasteiger partial charge is 0.271 e. The second kappa shape index (κ2) is 5.65. The molecule has 0 aliphatic carbocycles. The van der Waals surface area contributed by atoms with Crippen LogP contribution in [-0.4, -0.2) is 16.7 Å². The fourth-order valence-electron chi connectivity index (χ4n) is 2.14. The molecule has 3 rings (SSSR count). The highest BCUT2D eigenvalue weighted by atomic mass is 16.6. The third-order valence-electron chi connectivity index (χ3n) is 3.13. The number of amidine groups is 1. The zero-order chi connectivity index (χ0) is 15.5. The number of anilines is 1. The number of nitro groups is 1. The van der Waals surface area contributed by atoms with E-state index in [1.807, 2.05) is 18.2 Å². The predicted octanol–water partition coefficient (Wildman–Crippen LogP) is 2.57. The molecule has 1 aliphatic heterocycles. The molecule has 1 N–H and O–H groups in total. The number of non-ortho nitro benzene ring substituents is 1. The van der Waals surface area contributed by atoms with Crippen molar-refractivity contribution in [3.63, 3.8) is 0 Å². The molecule has 2 aromatic carbocycles. The number of aliphatic imine (C=N–C) groups is 1. The zero-order valence-electron chi connectivity index (χ0n) is 11.5. The molecule has 22 heavy (non-hydrogen) atoms. The van der Waals surface area contributed by atoms with E-state index in [9.17, 15) is 14.9 Å². The normalized spacial score (nSPS) is 15.9. The summed E-state index contributed by atoms with van der Waals surface area (Å²) in [5.74, 6) is 0.324. The standard InChI is InChI=1S/C15H12N4O3/c20-15-10-14(17-18(15)12-6-2-1-3-7-12)16-11-5-4-8-13(9-11)19(21)22/h1-9H,10H2,(H,16,17). The molecule has 1 aliphatic rings. The van der Waals surface area contributed by atoms with Gasteiger partial charge in [0.2, 0.25) is 0 Å². The Morgan fingerprint density at radius 3 is 2.64 bits per heavy atom. The van der Waals surface area contributed by atoms with Gasteiger partial charge >= 0.3 is 0 Å². The molecule has 0 radical (unpaired) electrons. The fourth-order valence-corrected chi connectivity index (χ4v) is 2.14. The van der Waals surface area contributed by atoms with Crippen molar-refractivity contribution in [3.05, 3.63) is 64.7 Å². The minimum atomic E-state index is -0.479. The molecule has 1 heterocycles. The number of amides is 1. The average Bonchev–Trinajstić information content (AvgIpc) is 2.89. The summed E-state index contributed by atoms with van der Waals surface area (Å²) < 4.78 is 0. The SMILES string of the molecule is O=C1CC(=Nc2cccc([N+](=O)[O-])c2)NN1c1ccccc1. The average molecular weight is 296 g/mol. The van der Waals surface area contributed by atoms with E-state index in [2.05, 4.69) is 10.4 Å². The van der Waals surface area contributed by atoms with E-state index in [1.54, 1.807) is 24.3 Å². The van der Waals surface area contributed by atoms with Gasteiger partial charge in [-0.2, -0.15) is 0 Å². The Kier molecular flexibility index (Phi) is 3.53. The number of nitro benzene ring substituents is 1. The monoisotopic (exact) mass is 296 g/mol. The zero-order valence-corrected chi connectivity index (χ0v) is 11.5. The molecule has 0 unspecified atom stereocenters. The molecular weight excluding hydrogens is 284 g/mol. The quantitative estimate of drug-likeness (QED) is 0.696. The van der Waals surface area contributed by atoms with E-state index in [4.69, 9.17) is 0 Å². The van der Waals surface area contributed by atoms with Crippen LogP contribution in [0.5, 0.6) is 0 Å². The van der Waals surface area contributed by atoms with Crippen LogP contribution in [0.15, 0.2) is 59.6 Å². The van der Waals surface area contributed by atoms with Crippen LogP contribution in [0.2, 0.25) is 0 Å². The molecule has 7 heteroatoms. The summed E-state index contributed by atoms with van der Waals surface area (Å²) in [7, 11) is 0.